The lowest BCUT2D eigenvalue weighted by molar-refractivity contribution is -0.117. The molecule has 0 aliphatic carbocycles. The molecule has 1 amide bonds. The summed E-state index contributed by atoms with van der Waals surface area (Å²) in [5.41, 5.74) is 2.22. The van der Waals surface area contributed by atoms with Gasteiger partial charge < -0.3 is 19.0 Å². The minimum atomic E-state index is -0.952. The molecule has 172 valence electrons. The third kappa shape index (κ3) is 3.41. The van der Waals surface area contributed by atoms with E-state index in [1.165, 1.54) is 42.8 Å². The van der Waals surface area contributed by atoms with Crippen molar-refractivity contribution < 1.29 is 28.6 Å². The number of ketones is 1. The maximum absolute atomic E-state index is 13.4. The van der Waals surface area contributed by atoms with Crippen LogP contribution in [0.15, 0.2) is 70.5 Å². The van der Waals surface area contributed by atoms with Crippen molar-refractivity contribution >= 4 is 38.4 Å². The minimum Gasteiger partial charge on any atom is -0.503 e. The first-order chi connectivity index (χ1) is 16.4. The molecule has 1 N–H and O–H groups in total. The van der Waals surface area contributed by atoms with Gasteiger partial charge in [-0.25, -0.2) is 4.98 Å². The van der Waals surface area contributed by atoms with Gasteiger partial charge in [0, 0.05) is 0 Å². The molecule has 2 aromatic carbocycles. The molecule has 0 saturated carbocycles. The smallest absolute Gasteiger partial charge is 0.296 e. The highest BCUT2D eigenvalue weighted by atomic mass is 32.1. The third-order valence-electron chi connectivity index (χ3n) is 5.66. The second-order valence-corrected chi connectivity index (χ2v) is 8.74. The van der Waals surface area contributed by atoms with Gasteiger partial charge in [-0.05, 0) is 54.4 Å². The van der Waals surface area contributed by atoms with Crippen molar-refractivity contribution in [1.82, 2.24) is 4.98 Å². The Morgan fingerprint density at radius 1 is 1.12 bits per heavy atom. The largest absolute Gasteiger partial charge is 0.503 e. The van der Waals surface area contributed by atoms with Gasteiger partial charge in [0.25, 0.3) is 5.91 Å². The normalized spacial score (nSPS) is 15.9. The molecule has 1 aliphatic heterocycles. The second kappa shape index (κ2) is 8.35. The van der Waals surface area contributed by atoms with Crippen molar-refractivity contribution in [3.05, 3.63) is 83.0 Å². The topological polar surface area (TPSA) is 102 Å². The molecule has 0 radical (unpaired) electrons. The van der Waals surface area contributed by atoms with Crippen LogP contribution in [0.2, 0.25) is 0 Å². The van der Waals surface area contributed by atoms with Crippen molar-refractivity contribution in [1.29, 1.82) is 0 Å². The van der Waals surface area contributed by atoms with E-state index in [0.717, 1.165) is 15.8 Å². The molecule has 2 aromatic heterocycles. The van der Waals surface area contributed by atoms with E-state index >= 15 is 0 Å². The molecule has 1 atom stereocenters. The fraction of sp³-hybridized carbons (Fsp3) is 0.160. The molecular weight excluding hydrogens is 456 g/mol. The van der Waals surface area contributed by atoms with Gasteiger partial charge in [0.2, 0.25) is 5.78 Å². The summed E-state index contributed by atoms with van der Waals surface area (Å²) in [6.45, 7) is 1.97. The van der Waals surface area contributed by atoms with Crippen LogP contribution >= 0.6 is 11.3 Å². The zero-order valence-electron chi connectivity index (χ0n) is 18.6. The van der Waals surface area contributed by atoms with Gasteiger partial charge >= 0.3 is 0 Å². The van der Waals surface area contributed by atoms with Crippen LogP contribution < -0.4 is 14.4 Å². The molecule has 3 heterocycles. The summed E-state index contributed by atoms with van der Waals surface area (Å²) in [6.07, 6.45) is 1.36. The first-order valence-electron chi connectivity index (χ1n) is 10.4. The molecule has 1 aliphatic rings. The van der Waals surface area contributed by atoms with E-state index in [4.69, 9.17) is 13.9 Å². The minimum absolute atomic E-state index is 0.0154. The number of carbonyl (C=O) groups is 2. The first kappa shape index (κ1) is 21.7. The number of hydrogen-bond donors (Lipinski definition) is 1. The quantitative estimate of drug-likeness (QED) is 0.391. The number of aromatic nitrogens is 1. The number of amides is 1. The second-order valence-electron chi connectivity index (χ2n) is 7.73. The van der Waals surface area contributed by atoms with Crippen molar-refractivity contribution in [2.75, 3.05) is 19.1 Å². The Hall–Kier alpha value is -4.11. The fourth-order valence-electron chi connectivity index (χ4n) is 4.04. The number of ether oxygens (including phenoxy) is 2. The molecule has 0 spiro atoms. The summed E-state index contributed by atoms with van der Waals surface area (Å²) >= 11 is 1.31. The number of benzene rings is 2. The Balaban J connectivity index is 1.70. The Morgan fingerprint density at radius 2 is 1.91 bits per heavy atom. The Labute approximate surface area is 198 Å². The summed E-state index contributed by atoms with van der Waals surface area (Å²) in [7, 11) is 3.01. The predicted octanol–water partition coefficient (Wildman–Crippen LogP) is 5.00. The molecule has 9 heteroatoms. The van der Waals surface area contributed by atoms with E-state index in [1.807, 2.05) is 25.1 Å². The van der Waals surface area contributed by atoms with Crippen molar-refractivity contribution in [2.24, 2.45) is 0 Å². The summed E-state index contributed by atoms with van der Waals surface area (Å²) in [4.78, 5) is 32.7. The first-order valence-corrected chi connectivity index (χ1v) is 11.2. The lowest BCUT2D eigenvalue weighted by Gasteiger charge is -2.25. The molecule has 0 fully saturated rings. The van der Waals surface area contributed by atoms with Crippen molar-refractivity contribution in [3.8, 4) is 11.5 Å². The monoisotopic (exact) mass is 476 g/mol. The Bertz CT molecular complexity index is 1450. The highest BCUT2D eigenvalue weighted by molar-refractivity contribution is 7.22. The molecule has 0 saturated heterocycles. The number of rotatable bonds is 6. The van der Waals surface area contributed by atoms with Gasteiger partial charge in [-0.2, -0.15) is 0 Å². The summed E-state index contributed by atoms with van der Waals surface area (Å²) < 4.78 is 16.9. The fourth-order valence-corrected chi connectivity index (χ4v) is 5.13. The molecule has 4 aromatic rings. The average Bonchev–Trinajstić information content (AvgIpc) is 3.57. The van der Waals surface area contributed by atoms with E-state index in [2.05, 4.69) is 4.98 Å². The highest BCUT2D eigenvalue weighted by Gasteiger charge is 2.46. The standard InChI is InChI=1S/C25H20N2O6S/c1-13-6-8-15-19(11-13)34-25(26-15)27-21(14-7-9-16(31-2)18(12-14)32-3)20(23(29)24(27)30)22(28)17-5-4-10-33-17/h4-12,21,29H,1-3H3. The number of fused-ring (bicyclic) bond motifs is 1. The van der Waals surface area contributed by atoms with Crippen LogP contribution in [-0.4, -0.2) is 36.0 Å². The van der Waals surface area contributed by atoms with Gasteiger partial charge in [0.15, 0.2) is 28.1 Å². The van der Waals surface area contributed by atoms with Crippen LogP contribution in [0, 0.1) is 6.92 Å². The molecular formula is C25H20N2O6S. The molecule has 8 nitrogen and oxygen atoms in total. The average molecular weight is 477 g/mol. The highest BCUT2D eigenvalue weighted by Crippen LogP contribution is 2.45. The molecule has 5 rings (SSSR count). The van der Waals surface area contributed by atoms with Crippen molar-refractivity contribution in [2.45, 2.75) is 13.0 Å². The number of hydrogen-bond acceptors (Lipinski definition) is 8. The van der Waals surface area contributed by atoms with E-state index in [9.17, 15) is 14.7 Å². The molecule has 34 heavy (non-hydrogen) atoms. The molecule has 0 bridgehead atoms. The van der Waals surface area contributed by atoms with E-state index in [1.54, 1.807) is 24.3 Å². The van der Waals surface area contributed by atoms with Crippen molar-refractivity contribution in [3.63, 3.8) is 0 Å². The number of aliphatic hydroxyl groups is 1. The predicted molar refractivity (Wildman–Crippen MR) is 127 cm³/mol. The lowest BCUT2D eigenvalue weighted by atomic mass is 9.95. The van der Waals surface area contributed by atoms with E-state index in [0.29, 0.717) is 22.2 Å². The summed E-state index contributed by atoms with van der Waals surface area (Å²) in [5.74, 6) is -1.02. The van der Waals surface area contributed by atoms with Gasteiger partial charge in [-0.1, -0.05) is 23.5 Å². The zero-order valence-corrected chi connectivity index (χ0v) is 19.4. The lowest BCUT2D eigenvalue weighted by Crippen LogP contribution is -2.31. The number of nitrogens with zero attached hydrogens (tertiary/aromatic N) is 2. The van der Waals surface area contributed by atoms with Crippen LogP contribution in [-0.2, 0) is 4.79 Å². The van der Waals surface area contributed by atoms with Crippen LogP contribution in [0.1, 0.15) is 27.7 Å². The van der Waals surface area contributed by atoms with Crippen LogP contribution in [0.25, 0.3) is 10.2 Å². The number of furan rings is 1. The summed E-state index contributed by atoms with van der Waals surface area (Å²) in [5, 5.41) is 11.2. The summed E-state index contributed by atoms with van der Waals surface area (Å²) in [6, 6.07) is 13.0. The number of methoxy groups -OCH3 is 2. The van der Waals surface area contributed by atoms with Gasteiger partial charge in [0.1, 0.15) is 0 Å². The van der Waals surface area contributed by atoms with Crippen LogP contribution in [0.5, 0.6) is 11.5 Å². The van der Waals surface area contributed by atoms with Gasteiger partial charge in [-0.3, -0.25) is 14.5 Å². The van der Waals surface area contributed by atoms with Crippen LogP contribution in [0.3, 0.4) is 0 Å². The van der Waals surface area contributed by atoms with E-state index < -0.39 is 23.5 Å². The Kier molecular flexibility index (Phi) is 5.33. The number of Topliss-reactive ketones (excluding diaryl/α,β-unsaturated/α-hetero) is 1. The Morgan fingerprint density at radius 3 is 2.62 bits per heavy atom. The number of anilines is 1. The number of aliphatic hydroxyl groups excluding tert-OH is 1. The number of thiazole rings is 1. The number of carbonyl (C=O) groups excluding carboxylic acids is 2. The zero-order chi connectivity index (χ0) is 24.0. The van der Waals surface area contributed by atoms with Gasteiger partial charge in [-0.15, -0.1) is 0 Å². The van der Waals surface area contributed by atoms with E-state index in [-0.39, 0.29) is 11.3 Å². The third-order valence-corrected chi connectivity index (χ3v) is 6.68. The van der Waals surface area contributed by atoms with Gasteiger partial charge in [0.05, 0.1) is 42.3 Å². The molecule has 1 unspecified atom stereocenters. The number of aryl methyl sites for hydroxylation is 1. The maximum Gasteiger partial charge on any atom is 0.296 e. The maximum atomic E-state index is 13.4. The van der Waals surface area contributed by atoms with Crippen LogP contribution in [0.4, 0.5) is 5.13 Å². The SMILES string of the molecule is COc1ccc(C2C(C(=O)c3ccco3)=C(O)C(=O)N2c2nc3ccc(C)cc3s2)cc1OC.